The number of benzene rings is 1. The molecule has 6 nitrogen and oxygen atoms in total. The maximum absolute atomic E-state index is 11.6. The number of methoxy groups -OCH3 is 1. The van der Waals surface area contributed by atoms with Gasteiger partial charge in [-0.05, 0) is 31.2 Å². The third kappa shape index (κ3) is 3.21. The second kappa shape index (κ2) is 5.51. The van der Waals surface area contributed by atoms with Gasteiger partial charge in [0.2, 0.25) is 10.0 Å². The first-order valence-corrected chi connectivity index (χ1v) is 6.55. The lowest BCUT2D eigenvalue weighted by Gasteiger charge is -2.09. The molecule has 1 N–H and O–H groups in total. The Hall–Kier alpha value is -2.07. The third-order valence-electron chi connectivity index (χ3n) is 2.21. The van der Waals surface area contributed by atoms with Gasteiger partial charge in [-0.1, -0.05) is 0 Å². The van der Waals surface area contributed by atoms with Gasteiger partial charge < -0.3 is 4.74 Å². The summed E-state index contributed by atoms with van der Waals surface area (Å²) in [5.41, 5.74) is 0.596. The number of nitrogens with zero attached hydrogens (tertiary/aromatic N) is 1. The predicted molar refractivity (Wildman–Crippen MR) is 65.4 cm³/mol. The molecular weight excluding hydrogens is 256 g/mol. The van der Waals surface area contributed by atoms with Crippen LogP contribution in [0.4, 0.5) is 5.69 Å². The molecule has 0 heterocycles. The van der Waals surface area contributed by atoms with Crippen LogP contribution in [0.2, 0.25) is 0 Å². The van der Waals surface area contributed by atoms with Crippen molar-refractivity contribution in [1.82, 2.24) is 0 Å². The first-order valence-electron chi connectivity index (χ1n) is 5.00. The minimum absolute atomic E-state index is 0.282. The van der Waals surface area contributed by atoms with Crippen molar-refractivity contribution in [3.63, 3.8) is 0 Å². The average molecular weight is 268 g/mol. The Balaban J connectivity index is 2.89. The molecule has 1 aromatic carbocycles. The zero-order valence-electron chi connectivity index (χ0n) is 9.88. The van der Waals surface area contributed by atoms with E-state index in [0.717, 1.165) is 0 Å². The molecule has 1 atom stereocenters. The molecule has 0 spiro atoms. The maximum Gasteiger partial charge on any atom is 0.337 e. The standard InChI is InChI=1S/C11H12N2O4S/c1-8(7-12)18(15,16)13-10-5-3-9(4-6-10)11(14)17-2/h3-6,8,13H,1-2H3. The Morgan fingerprint density at radius 3 is 2.39 bits per heavy atom. The number of ether oxygens (including phenoxy) is 1. The van der Waals surface area contributed by atoms with E-state index in [9.17, 15) is 13.2 Å². The van der Waals surface area contributed by atoms with Crippen LogP contribution < -0.4 is 4.72 Å². The van der Waals surface area contributed by atoms with Crippen molar-refractivity contribution in [1.29, 1.82) is 5.26 Å². The monoisotopic (exact) mass is 268 g/mol. The fraction of sp³-hybridized carbons (Fsp3) is 0.273. The predicted octanol–water partition coefficient (Wildman–Crippen LogP) is 1.13. The van der Waals surface area contributed by atoms with E-state index in [1.54, 1.807) is 6.07 Å². The number of hydrogen-bond acceptors (Lipinski definition) is 5. The number of carbonyl (C=O) groups excluding carboxylic acids is 1. The third-order valence-corrected chi connectivity index (χ3v) is 3.77. The lowest BCUT2D eigenvalue weighted by Crippen LogP contribution is -2.23. The molecule has 0 saturated carbocycles. The van der Waals surface area contributed by atoms with Gasteiger partial charge in [0.1, 0.15) is 0 Å². The van der Waals surface area contributed by atoms with E-state index in [1.807, 2.05) is 0 Å². The van der Waals surface area contributed by atoms with Crippen LogP contribution in [0.3, 0.4) is 0 Å². The highest BCUT2D eigenvalue weighted by Gasteiger charge is 2.19. The highest BCUT2D eigenvalue weighted by atomic mass is 32.2. The summed E-state index contributed by atoms with van der Waals surface area (Å²) in [5.74, 6) is -0.505. The molecule has 0 fully saturated rings. The SMILES string of the molecule is COC(=O)c1ccc(NS(=O)(=O)C(C)C#N)cc1. The lowest BCUT2D eigenvalue weighted by atomic mass is 10.2. The molecule has 7 heteroatoms. The van der Waals surface area contributed by atoms with Crippen molar-refractivity contribution >= 4 is 21.7 Å². The Bertz CT molecular complexity index is 572. The maximum atomic E-state index is 11.6. The van der Waals surface area contributed by atoms with Gasteiger partial charge >= 0.3 is 5.97 Å². The van der Waals surface area contributed by atoms with Crippen LogP contribution in [0.25, 0.3) is 0 Å². The Morgan fingerprint density at radius 1 is 1.39 bits per heavy atom. The summed E-state index contributed by atoms with van der Waals surface area (Å²) < 4.78 is 29.9. The number of anilines is 1. The fourth-order valence-electron chi connectivity index (χ4n) is 1.11. The molecule has 1 rings (SSSR count). The number of hydrogen-bond donors (Lipinski definition) is 1. The summed E-state index contributed by atoms with van der Waals surface area (Å²) in [6, 6.07) is 7.35. The summed E-state index contributed by atoms with van der Waals surface area (Å²) in [6.45, 7) is 1.28. The van der Waals surface area contributed by atoms with Crippen LogP contribution in [-0.2, 0) is 14.8 Å². The largest absolute Gasteiger partial charge is 0.465 e. The van der Waals surface area contributed by atoms with Crippen molar-refractivity contribution < 1.29 is 17.9 Å². The van der Waals surface area contributed by atoms with E-state index in [1.165, 1.54) is 38.3 Å². The van der Waals surface area contributed by atoms with E-state index >= 15 is 0 Å². The van der Waals surface area contributed by atoms with Gasteiger partial charge in [-0.15, -0.1) is 0 Å². The van der Waals surface area contributed by atoms with E-state index in [2.05, 4.69) is 9.46 Å². The number of rotatable bonds is 4. The van der Waals surface area contributed by atoms with Gasteiger partial charge in [-0.2, -0.15) is 5.26 Å². The van der Waals surface area contributed by atoms with Crippen molar-refractivity contribution in [2.24, 2.45) is 0 Å². The second-order valence-corrected chi connectivity index (χ2v) is 5.49. The Labute approximate surface area is 105 Å². The lowest BCUT2D eigenvalue weighted by molar-refractivity contribution is 0.0601. The number of nitriles is 1. The van der Waals surface area contributed by atoms with E-state index in [0.29, 0.717) is 5.56 Å². The van der Waals surface area contributed by atoms with Crippen LogP contribution in [-0.4, -0.2) is 26.7 Å². The van der Waals surface area contributed by atoms with Crippen molar-refractivity contribution in [2.75, 3.05) is 11.8 Å². The van der Waals surface area contributed by atoms with Gasteiger partial charge in [0, 0.05) is 5.69 Å². The van der Waals surface area contributed by atoms with E-state index in [-0.39, 0.29) is 5.69 Å². The van der Waals surface area contributed by atoms with Crippen LogP contribution in [0, 0.1) is 11.3 Å². The van der Waals surface area contributed by atoms with Crippen molar-refractivity contribution in [2.45, 2.75) is 12.2 Å². The first-order chi connectivity index (χ1) is 8.40. The quantitative estimate of drug-likeness (QED) is 0.825. The molecule has 0 radical (unpaired) electrons. The van der Waals surface area contributed by atoms with Crippen LogP contribution in [0.1, 0.15) is 17.3 Å². The smallest absolute Gasteiger partial charge is 0.337 e. The number of nitrogens with one attached hydrogen (secondary N) is 1. The molecule has 0 amide bonds. The zero-order chi connectivity index (χ0) is 13.8. The molecule has 0 aliphatic carbocycles. The van der Waals surface area contributed by atoms with Gasteiger partial charge in [0.25, 0.3) is 0 Å². The molecule has 0 aromatic heterocycles. The van der Waals surface area contributed by atoms with Gasteiger partial charge in [0.05, 0.1) is 18.7 Å². The van der Waals surface area contributed by atoms with Crippen molar-refractivity contribution in [3.05, 3.63) is 29.8 Å². The molecular formula is C11H12N2O4S. The Kier molecular flexibility index (Phi) is 4.28. The van der Waals surface area contributed by atoms with Crippen LogP contribution in [0.5, 0.6) is 0 Å². The molecule has 0 bridgehead atoms. The summed E-state index contributed by atoms with van der Waals surface area (Å²) in [4.78, 5) is 11.2. The summed E-state index contributed by atoms with van der Waals surface area (Å²) in [5, 5.41) is 7.41. The minimum atomic E-state index is -3.73. The van der Waals surface area contributed by atoms with Crippen LogP contribution >= 0.6 is 0 Å². The molecule has 1 unspecified atom stereocenters. The molecule has 0 saturated heterocycles. The van der Waals surface area contributed by atoms with E-state index in [4.69, 9.17) is 5.26 Å². The summed E-state index contributed by atoms with van der Waals surface area (Å²) in [7, 11) is -2.47. The fourth-order valence-corrected chi connectivity index (χ4v) is 1.89. The number of carbonyl (C=O) groups is 1. The highest BCUT2D eigenvalue weighted by Crippen LogP contribution is 2.13. The van der Waals surface area contributed by atoms with Crippen molar-refractivity contribution in [3.8, 4) is 6.07 Å². The van der Waals surface area contributed by atoms with Gasteiger partial charge in [-0.25, -0.2) is 13.2 Å². The number of esters is 1. The average Bonchev–Trinajstić information content (AvgIpc) is 2.37. The molecule has 96 valence electrons. The first kappa shape index (κ1) is 14.0. The summed E-state index contributed by atoms with van der Waals surface area (Å²) >= 11 is 0. The molecule has 1 aromatic rings. The van der Waals surface area contributed by atoms with Gasteiger partial charge in [-0.3, -0.25) is 4.72 Å². The molecule has 18 heavy (non-hydrogen) atoms. The number of sulfonamides is 1. The topological polar surface area (TPSA) is 96.3 Å². The van der Waals surface area contributed by atoms with E-state index < -0.39 is 21.2 Å². The van der Waals surface area contributed by atoms with Crippen LogP contribution in [0.15, 0.2) is 24.3 Å². The minimum Gasteiger partial charge on any atom is -0.465 e. The van der Waals surface area contributed by atoms with Gasteiger partial charge in [0.15, 0.2) is 5.25 Å². The molecule has 0 aliphatic heterocycles. The Morgan fingerprint density at radius 2 is 1.94 bits per heavy atom. The second-order valence-electron chi connectivity index (χ2n) is 3.49. The zero-order valence-corrected chi connectivity index (χ0v) is 10.7. The normalized spacial score (nSPS) is 12.3. The summed E-state index contributed by atoms with van der Waals surface area (Å²) in [6.07, 6.45) is 0. The molecule has 0 aliphatic rings. The highest BCUT2D eigenvalue weighted by molar-refractivity contribution is 7.93.